The summed E-state index contributed by atoms with van der Waals surface area (Å²) >= 11 is 5.39. The highest BCUT2D eigenvalue weighted by atomic mass is 35.5. The summed E-state index contributed by atoms with van der Waals surface area (Å²) in [6.45, 7) is 3.43. The SMILES string of the molecule is CC(=O)OC1CC(OC(C)=O)C(C(=O)Cl)OC1OC(C)=O. The number of ether oxygens (including phenoxy) is 4. The van der Waals surface area contributed by atoms with Crippen molar-refractivity contribution in [3.8, 4) is 0 Å². The van der Waals surface area contributed by atoms with Crippen molar-refractivity contribution in [2.45, 2.75) is 51.8 Å². The van der Waals surface area contributed by atoms with Gasteiger partial charge in [-0.2, -0.15) is 0 Å². The van der Waals surface area contributed by atoms with E-state index in [0.29, 0.717) is 0 Å². The average Bonchev–Trinajstić information content (AvgIpc) is 2.29. The van der Waals surface area contributed by atoms with Crippen LogP contribution in [0.15, 0.2) is 0 Å². The molecule has 1 fully saturated rings. The smallest absolute Gasteiger partial charge is 0.305 e. The molecule has 9 heteroatoms. The lowest BCUT2D eigenvalue weighted by molar-refractivity contribution is -0.258. The van der Waals surface area contributed by atoms with Gasteiger partial charge in [0.05, 0.1) is 0 Å². The molecule has 0 aromatic carbocycles. The molecule has 8 nitrogen and oxygen atoms in total. The number of esters is 3. The first kappa shape index (κ1) is 17.4. The van der Waals surface area contributed by atoms with Gasteiger partial charge in [0.25, 0.3) is 5.24 Å². The van der Waals surface area contributed by atoms with Crippen LogP contribution in [0.2, 0.25) is 0 Å². The van der Waals surface area contributed by atoms with Gasteiger partial charge >= 0.3 is 17.9 Å². The second-order valence-electron chi connectivity index (χ2n) is 4.37. The highest BCUT2D eigenvalue weighted by Crippen LogP contribution is 2.27. The van der Waals surface area contributed by atoms with E-state index in [0.717, 1.165) is 20.8 Å². The van der Waals surface area contributed by atoms with Gasteiger partial charge in [-0.25, -0.2) is 0 Å². The first-order valence-corrected chi connectivity index (χ1v) is 6.45. The Kier molecular flexibility index (Phi) is 6.10. The molecule has 1 saturated heterocycles. The molecule has 4 unspecified atom stereocenters. The van der Waals surface area contributed by atoms with Crippen molar-refractivity contribution >= 4 is 34.8 Å². The molecule has 0 aromatic rings. The molecule has 0 saturated carbocycles. The fourth-order valence-corrected chi connectivity index (χ4v) is 2.08. The normalized spacial score (nSPS) is 28.4. The minimum absolute atomic E-state index is 0.0831. The molecule has 1 heterocycles. The Morgan fingerprint density at radius 2 is 1.38 bits per heavy atom. The van der Waals surface area contributed by atoms with Crippen LogP contribution in [-0.2, 0) is 38.1 Å². The van der Waals surface area contributed by atoms with Gasteiger partial charge in [-0.3, -0.25) is 19.2 Å². The standard InChI is InChI=1S/C12H15ClO8/c1-5(14)18-8-4-9(19-6(2)15)12(20-7(3)16)21-10(8)11(13)17/h8-10,12H,4H2,1-3H3. The van der Waals surface area contributed by atoms with E-state index in [1.807, 2.05) is 0 Å². The molecule has 0 amide bonds. The van der Waals surface area contributed by atoms with E-state index < -0.39 is 47.8 Å². The summed E-state index contributed by atoms with van der Waals surface area (Å²) in [5.41, 5.74) is 0. The van der Waals surface area contributed by atoms with Gasteiger partial charge in [0.1, 0.15) is 6.10 Å². The van der Waals surface area contributed by atoms with Gasteiger partial charge < -0.3 is 18.9 Å². The van der Waals surface area contributed by atoms with Crippen LogP contribution in [-0.4, -0.2) is 47.8 Å². The number of hydrogen-bond donors (Lipinski definition) is 0. The van der Waals surface area contributed by atoms with Crippen LogP contribution < -0.4 is 0 Å². The maximum atomic E-state index is 11.4. The Morgan fingerprint density at radius 1 is 0.905 bits per heavy atom. The lowest BCUT2D eigenvalue weighted by Crippen LogP contribution is -2.53. The van der Waals surface area contributed by atoms with Gasteiger partial charge in [0, 0.05) is 27.2 Å². The zero-order chi connectivity index (χ0) is 16.2. The maximum absolute atomic E-state index is 11.4. The molecule has 0 aromatic heterocycles. The fourth-order valence-electron chi connectivity index (χ4n) is 1.89. The maximum Gasteiger partial charge on any atom is 0.305 e. The molecule has 21 heavy (non-hydrogen) atoms. The van der Waals surface area contributed by atoms with Crippen molar-refractivity contribution in [3.05, 3.63) is 0 Å². The molecule has 0 aliphatic carbocycles. The number of hydrogen-bond acceptors (Lipinski definition) is 8. The third-order valence-corrected chi connectivity index (χ3v) is 2.74. The van der Waals surface area contributed by atoms with Crippen molar-refractivity contribution in [2.24, 2.45) is 0 Å². The van der Waals surface area contributed by atoms with E-state index in [1.165, 1.54) is 0 Å². The predicted octanol–water partition coefficient (Wildman–Crippen LogP) is 0.293. The van der Waals surface area contributed by atoms with Gasteiger partial charge in [-0.15, -0.1) is 0 Å². The Morgan fingerprint density at radius 3 is 1.81 bits per heavy atom. The van der Waals surface area contributed by atoms with E-state index in [2.05, 4.69) is 0 Å². The van der Waals surface area contributed by atoms with Gasteiger partial charge in [0.2, 0.25) is 6.29 Å². The van der Waals surface area contributed by atoms with Crippen LogP contribution in [0.3, 0.4) is 0 Å². The fraction of sp³-hybridized carbons (Fsp3) is 0.667. The Bertz CT molecular complexity index is 449. The molecule has 1 aliphatic heterocycles. The third kappa shape index (κ3) is 5.31. The number of rotatable bonds is 4. The number of carbonyl (C=O) groups excluding carboxylic acids is 4. The van der Waals surface area contributed by atoms with Crippen LogP contribution in [0, 0.1) is 0 Å². The molecular weight excluding hydrogens is 308 g/mol. The zero-order valence-electron chi connectivity index (χ0n) is 11.7. The Labute approximate surface area is 125 Å². The molecule has 118 valence electrons. The minimum atomic E-state index is -1.31. The van der Waals surface area contributed by atoms with Crippen molar-refractivity contribution in [1.82, 2.24) is 0 Å². The molecule has 0 spiro atoms. The summed E-state index contributed by atoms with van der Waals surface area (Å²) in [6, 6.07) is 0. The van der Waals surface area contributed by atoms with Crippen molar-refractivity contribution < 1.29 is 38.1 Å². The van der Waals surface area contributed by atoms with E-state index in [-0.39, 0.29) is 6.42 Å². The molecular formula is C12H15ClO8. The average molecular weight is 323 g/mol. The highest BCUT2D eigenvalue weighted by molar-refractivity contribution is 6.64. The van der Waals surface area contributed by atoms with Crippen LogP contribution in [0.5, 0.6) is 0 Å². The molecule has 0 radical (unpaired) electrons. The van der Waals surface area contributed by atoms with E-state index in [4.69, 9.17) is 30.5 Å². The quantitative estimate of drug-likeness (QED) is 0.413. The van der Waals surface area contributed by atoms with E-state index in [1.54, 1.807) is 0 Å². The summed E-state index contributed by atoms with van der Waals surface area (Å²) in [5.74, 6) is -1.99. The summed E-state index contributed by atoms with van der Waals surface area (Å²) in [4.78, 5) is 44.5. The molecule has 0 N–H and O–H groups in total. The van der Waals surface area contributed by atoms with Gasteiger partial charge in [-0.1, -0.05) is 0 Å². The monoisotopic (exact) mass is 322 g/mol. The summed E-state index contributed by atoms with van der Waals surface area (Å²) in [6.07, 6.45) is -4.75. The molecule has 0 bridgehead atoms. The number of halogens is 1. The van der Waals surface area contributed by atoms with Gasteiger partial charge in [0.15, 0.2) is 12.2 Å². The van der Waals surface area contributed by atoms with E-state index in [9.17, 15) is 19.2 Å². The molecule has 1 aliphatic rings. The summed E-state index contributed by atoms with van der Waals surface area (Å²) < 4.78 is 19.9. The van der Waals surface area contributed by atoms with Crippen LogP contribution in [0.1, 0.15) is 27.2 Å². The lowest BCUT2D eigenvalue weighted by atomic mass is 10.0. The molecule has 4 atom stereocenters. The predicted molar refractivity (Wildman–Crippen MR) is 67.0 cm³/mol. The first-order valence-electron chi connectivity index (χ1n) is 6.07. The summed E-state index contributed by atoms with van der Waals surface area (Å²) in [5, 5.41) is -0.917. The third-order valence-electron chi connectivity index (χ3n) is 2.53. The van der Waals surface area contributed by atoms with Crippen molar-refractivity contribution in [2.75, 3.05) is 0 Å². The van der Waals surface area contributed by atoms with E-state index >= 15 is 0 Å². The summed E-state index contributed by atoms with van der Waals surface area (Å²) in [7, 11) is 0. The minimum Gasteiger partial charge on any atom is -0.459 e. The second-order valence-corrected chi connectivity index (χ2v) is 4.74. The highest BCUT2D eigenvalue weighted by Gasteiger charge is 2.46. The Balaban J connectivity index is 2.94. The lowest BCUT2D eigenvalue weighted by Gasteiger charge is -2.37. The zero-order valence-corrected chi connectivity index (χ0v) is 12.4. The van der Waals surface area contributed by atoms with Crippen LogP contribution in [0.25, 0.3) is 0 Å². The van der Waals surface area contributed by atoms with Crippen LogP contribution in [0.4, 0.5) is 0 Å². The topological polar surface area (TPSA) is 105 Å². The first-order chi connectivity index (χ1) is 9.70. The van der Waals surface area contributed by atoms with Gasteiger partial charge in [-0.05, 0) is 11.6 Å². The van der Waals surface area contributed by atoms with Crippen LogP contribution >= 0.6 is 11.6 Å². The number of carbonyl (C=O) groups is 4. The Hall–Kier alpha value is -1.67. The molecule has 1 rings (SSSR count). The second kappa shape index (κ2) is 7.37. The van der Waals surface area contributed by atoms with Crippen molar-refractivity contribution in [1.29, 1.82) is 0 Å². The largest absolute Gasteiger partial charge is 0.459 e. The van der Waals surface area contributed by atoms with Crippen molar-refractivity contribution in [3.63, 3.8) is 0 Å².